The first kappa shape index (κ1) is 15.7. The second-order valence-electron chi connectivity index (χ2n) is 5.57. The largest absolute Gasteiger partial charge is 0.441 e. The zero-order chi connectivity index (χ0) is 16.1. The molecule has 0 spiro atoms. The van der Waals surface area contributed by atoms with E-state index in [2.05, 4.69) is 15.6 Å². The van der Waals surface area contributed by atoms with Crippen LogP contribution in [0.4, 0.5) is 0 Å². The van der Waals surface area contributed by atoms with Gasteiger partial charge < -0.3 is 19.8 Å². The summed E-state index contributed by atoms with van der Waals surface area (Å²) in [5.41, 5.74) is 1.58. The molecule has 3 rings (SSSR count). The summed E-state index contributed by atoms with van der Waals surface area (Å²) < 4.78 is 11.2. The van der Waals surface area contributed by atoms with Gasteiger partial charge in [-0.2, -0.15) is 0 Å². The summed E-state index contributed by atoms with van der Waals surface area (Å²) in [6.45, 7) is 4.65. The van der Waals surface area contributed by atoms with Crippen molar-refractivity contribution in [2.24, 2.45) is 0 Å². The number of carbonyl (C=O) groups excluding carboxylic acids is 1. The van der Waals surface area contributed by atoms with Gasteiger partial charge in [-0.1, -0.05) is 18.2 Å². The van der Waals surface area contributed by atoms with Gasteiger partial charge >= 0.3 is 0 Å². The number of ether oxygens (including phenoxy) is 1. The minimum Gasteiger partial charge on any atom is -0.441 e. The molecule has 0 unspecified atom stereocenters. The van der Waals surface area contributed by atoms with Gasteiger partial charge in [-0.3, -0.25) is 4.79 Å². The standard InChI is InChI=1S/C17H21N3O3/c1-12-15(20-17(23-12)13-5-3-2-4-6-13)9-16(21)19-11-14-10-18-7-8-22-14/h2-6,14,18H,7-11H2,1H3,(H,19,21)/t14-/m1/s1. The van der Waals surface area contributed by atoms with Crippen LogP contribution in [0, 0.1) is 6.92 Å². The first-order valence-electron chi connectivity index (χ1n) is 7.83. The Balaban J connectivity index is 1.57. The molecule has 1 amide bonds. The first-order chi connectivity index (χ1) is 11.2. The smallest absolute Gasteiger partial charge is 0.226 e. The Hall–Kier alpha value is -2.18. The molecular formula is C17H21N3O3. The summed E-state index contributed by atoms with van der Waals surface area (Å²) in [4.78, 5) is 16.5. The van der Waals surface area contributed by atoms with Gasteiger partial charge in [-0.25, -0.2) is 4.98 Å². The fourth-order valence-corrected chi connectivity index (χ4v) is 2.49. The number of aryl methyl sites for hydroxylation is 1. The van der Waals surface area contributed by atoms with Gasteiger partial charge in [0, 0.05) is 25.2 Å². The zero-order valence-electron chi connectivity index (χ0n) is 13.2. The monoisotopic (exact) mass is 315 g/mol. The van der Waals surface area contributed by atoms with Gasteiger partial charge in [-0.15, -0.1) is 0 Å². The highest BCUT2D eigenvalue weighted by molar-refractivity contribution is 5.78. The highest BCUT2D eigenvalue weighted by Crippen LogP contribution is 2.21. The number of hydrogen-bond acceptors (Lipinski definition) is 5. The van der Waals surface area contributed by atoms with Crippen LogP contribution in [0.1, 0.15) is 11.5 Å². The molecule has 1 atom stereocenters. The Kier molecular flexibility index (Phi) is 5.05. The van der Waals surface area contributed by atoms with Crippen LogP contribution in [0.2, 0.25) is 0 Å². The number of nitrogens with one attached hydrogen (secondary N) is 2. The molecular weight excluding hydrogens is 294 g/mol. The third-order valence-electron chi connectivity index (χ3n) is 3.77. The van der Waals surface area contributed by atoms with E-state index in [1.165, 1.54) is 0 Å². The van der Waals surface area contributed by atoms with Crippen LogP contribution < -0.4 is 10.6 Å². The summed E-state index contributed by atoms with van der Waals surface area (Å²) in [5.74, 6) is 1.15. The van der Waals surface area contributed by atoms with E-state index in [9.17, 15) is 4.79 Å². The number of amides is 1. The van der Waals surface area contributed by atoms with Crippen LogP contribution in [0.25, 0.3) is 11.5 Å². The molecule has 1 fully saturated rings. The molecule has 6 nitrogen and oxygen atoms in total. The summed E-state index contributed by atoms with van der Waals surface area (Å²) in [5, 5.41) is 6.13. The highest BCUT2D eigenvalue weighted by Gasteiger charge is 2.17. The number of aromatic nitrogens is 1. The Morgan fingerprint density at radius 1 is 1.39 bits per heavy atom. The van der Waals surface area contributed by atoms with Gasteiger partial charge in [0.15, 0.2) is 0 Å². The molecule has 122 valence electrons. The van der Waals surface area contributed by atoms with Crippen molar-refractivity contribution in [3.8, 4) is 11.5 Å². The normalized spacial score (nSPS) is 17.9. The lowest BCUT2D eigenvalue weighted by Crippen LogP contribution is -2.45. The lowest BCUT2D eigenvalue weighted by Gasteiger charge is -2.23. The summed E-state index contributed by atoms with van der Waals surface area (Å²) in [7, 11) is 0. The lowest BCUT2D eigenvalue weighted by molar-refractivity contribution is -0.121. The number of carbonyl (C=O) groups is 1. The van der Waals surface area contributed by atoms with Gasteiger partial charge in [0.25, 0.3) is 0 Å². The van der Waals surface area contributed by atoms with Crippen LogP contribution in [-0.4, -0.2) is 43.2 Å². The predicted octanol–water partition coefficient (Wildman–Crippen LogP) is 1.30. The molecule has 1 aromatic carbocycles. The van der Waals surface area contributed by atoms with Crippen molar-refractivity contribution in [3.63, 3.8) is 0 Å². The summed E-state index contributed by atoms with van der Waals surface area (Å²) >= 11 is 0. The van der Waals surface area contributed by atoms with E-state index >= 15 is 0 Å². The van der Waals surface area contributed by atoms with Crippen LogP contribution in [0.5, 0.6) is 0 Å². The second kappa shape index (κ2) is 7.39. The Bertz CT molecular complexity index is 648. The number of hydrogen-bond donors (Lipinski definition) is 2. The van der Waals surface area contributed by atoms with Crippen LogP contribution in [0.15, 0.2) is 34.7 Å². The minimum atomic E-state index is -0.0739. The van der Waals surface area contributed by atoms with E-state index in [0.29, 0.717) is 30.5 Å². The molecule has 2 aromatic rings. The average molecular weight is 315 g/mol. The van der Waals surface area contributed by atoms with Crippen molar-refractivity contribution in [2.75, 3.05) is 26.2 Å². The van der Waals surface area contributed by atoms with Crippen molar-refractivity contribution in [1.29, 1.82) is 0 Å². The van der Waals surface area contributed by atoms with Crippen molar-refractivity contribution in [1.82, 2.24) is 15.6 Å². The SMILES string of the molecule is Cc1oc(-c2ccccc2)nc1CC(=O)NC[C@H]1CNCCO1. The molecule has 0 radical (unpaired) electrons. The van der Waals surface area contributed by atoms with E-state index in [-0.39, 0.29) is 18.4 Å². The van der Waals surface area contributed by atoms with Crippen molar-refractivity contribution < 1.29 is 13.9 Å². The van der Waals surface area contributed by atoms with E-state index in [1.54, 1.807) is 0 Å². The number of oxazole rings is 1. The Morgan fingerprint density at radius 3 is 2.96 bits per heavy atom. The molecule has 1 aromatic heterocycles. The minimum absolute atomic E-state index is 0.0333. The summed E-state index contributed by atoms with van der Waals surface area (Å²) in [6, 6.07) is 9.67. The van der Waals surface area contributed by atoms with E-state index in [1.807, 2.05) is 37.3 Å². The maximum absolute atomic E-state index is 12.1. The first-order valence-corrected chi connectivity index (χ1v) is 7.83. The zero-order valence-corrected chi connectivity index (χ0v) is 13.2. The van der Waals surface area contributed by atoms with Crippen LogP contribution in [0.3, 0.4) is 0 Å². The van der Waals surface area contributed by atoms with E-state index in [4.69, 9.17) is 9.15 Å². The van der Waals surface area contributed by atoms with Crippen molar-refractivity contribution >= 4 is 5.91 Å². The maximum Gasteiger partial charge on any atom is 0.226 e. The van der Waals surface area contributed by atoms with E-state index in [0.717, 1.165) is 18.7 Å². The van der Waals surface area contributed by atoms with Crippen molar-refractivity contribution in [2.45, 2.75) is 19.4 Å². The number of nitrogens with zero attached hydrogens (tertiary/aromatic N) is 1. The second-order valence-corrected chi connectivity index (χ2v) is 5.57. The van der Waals surface area contributed by atoms with Crippen molar-refractivity contribution in [3.05, 3.63) is 41.8 Å². The van der Waals surface area contributed by atoms with Crippen LogP contribution >= 0.6 is 0 Å². The maximum atomic E-state index is 12.1. The highest BCUT2D eigenvalue weighted by atomic mass is 16.5. The molecule has 2 heterocycles. The number of morpholine rings is 1. The summed E-state index contributed by atoms with van der Waals surface area (Å²) in [6.07, 6.45) is 0.244. The average Bonchev–Trinajstić information content (AvgIpc) is 2.95. The topological polar surface area (TPSA) is 76.4 Å². The van der Waals surface area contributed by atoms with Gasteiger partial charge in [0.05, 0.1) is 24.8 Å². The molecule has 1 aliphatic heterocycles. The van der Waals surface area contributed by atoms with Gasteiger partial charge in [-0.05, 0) is 19.1 Å². The molecule has 1 saturated heterocycles. The fraction of sp³-hybridized carbons (Fsp3) is 0.412. The Labute approximate surface area is 135 Å². The third kappa shape index (κ3) is 4.18. The third-order valence-corrected chi connectivity index (χ3v) is 3.77. The molecule has 0 bridgehead atoms. The molecule has 0 aliphatic carbocycles. The predicted molar refractivity (Wildman–Crippen MR) is 86.0 cm³/mol. The van der Waals surface area contributed by atoms with E-state index < -0.39 is 0 Å². The van der Waals surface area contributed by atoms with Gasteiger partial charge in [0.1, 0.15) is 5.76 Å². The molecule has 23 heavy (non-hydrogen) atoms. The number of rotatable bonds is 5. The Morgan fingerprint density at radius 2 is 2.22 bits per heavy atom. The van der Waals surface area contributed by atoms with Crippen LogP contribution in [-0.2, 0) is 16.0 Å². The molecule has 6 heteroatoms. The van der Waals surface area contributed by atoms with Gasteiger partial charge in [0.2, 0.25) is 11.8 Å². The quantitative estimate of drug-likeness (QED) is 0.870. The molecule has 2 N–H and O–H groups in total. The number of benzene rings is 1. The lowest BCUT2D eigenvalue weighted by atomic mass is 10.2. The molecule has 1 aliphatic rings. The fourth-order valence-electron chi connectivity index (χ4n) is 2.49. The molecule has 0 saturated carbocycles.